The SMILES string of the molecule is CCc1ccc(C(=O)N2CCN(C(C)C(=O)NC(C)(C)C)CC2)cc1. The summed E-state index contributed by atoms with van der Waals surface area (Å²) in [6.45, 7) is 12.7. The van der Waals surface area contributed by atoms with E-state index in [0.29, 0.717) is 13.1 Å². The molecule has 0 bridgehead atoms. The van der Waals surface area contributed by atoms with Gasteiger partial charge in [0, 0.05) is 37.3 Å². The van der Waals surface area contributed by atoms with Crippen LogP contribution in [-0.2, 0) is 11.2 Å². The van der Waals surface area contributed by atoms with Gasteiger partial charge >= 0.3 is 0 Å². The van der Waals surface area contributed by atoms with Crippen molar-refractivity contribution in [1.29, 1.82) is 0 Å². The number of hydrogen-bond donors (Lipinski definition) is 1. The highest BCUT2D eigenvalue weighted by atomic mass is 16.2. The van der Waals surface area contributed by atoms with Gasteiger partial charge in [0.05, 0.1) is 6.04 Å². The van der Waals surface area contributed by atoms with E-state index in [1.54, 1.807) is 0 Å². The molecule has 1 N–H and O–H groups in total. The van der Waals surface area contributed by atoms with E-state index < -0.39 is 0 Å². The lowest BCUT2D eigenvalue weighted by Gasteiger charge is -2.38. The summed E-state index contributed by atoms with van der Waals surface area (Å²) in [5, 5.41) is 3.03. The van der Waals surface area contributed by atoms with E-state index in [2.05, 4.69) is 17.1 Å². The Morgan fingerprint density at radius 1 is 1.08 bits per heavy atom. The number of piperazine rings is 1. The molecule has 1 heterocycles. The van der Waals surface area contributed by atoms with Gasteiger partial charge < -0.3 is 10.2 Å². The summed E-state index contributed by atoms with van der Waals surface area (Å²) < 4.78 is 0. The first-order chi connectivity index (χ1) is 11.7. The summed E-state index contributed by atoms with van der Waals surface area (Å²) in [5.74, 6) is 0.122. The highest BCUT2D eigenvalue weighted by Crippen LogP contribution is 2.13. The summed E-state index contributed by atoms with van der Waals surface area (Å²) in [7, 11) is 0. The van der Waals surface area contributed by atoms with Crippen LogP contribution in [0.1, 0.15) is 50.5 Å². The zero-order valence-corrected chi connectivity index (χ0v) is 16.1. The summed E-state index contributed by atoms with van der Waals surface area (Å²) >= 11 is 0. The molecule has 25 heavy (non-hydrogen) atoms. The van der Waals surface area contributed by atoms with Gasteiger partial charge in [-0.3, -0.25) is 14.5 Å². The number of aryl methyl sites for hydroxylation is 1. The van der Waals surface area contributed by atoms with E-state index in [9.17, 15) is 9.59 Å². The molecular formula is C20H31N3O2. The van der Waals surface area contributed by atoms with Crippen molar-refractivity contribution in [2.24, 2.45) is 0 Å². The van der Waals surface area contributed by atoms with Gasteiger partial charge in [-0.25, -0.2) is 0 Å². The van der Waals surface area contributed by atoms with Crippen molar-refractivity contribution in [3.63, 3.8) is 0 Å². The lowest BCUT2D eigenvalue weighted by Crippen LogP contribution is -2.56. The van der Waals surface area contributed by atoms with Crippen LogP contribution in [0.25, 0.3) is 0 Å². The van der Waals surface area contributed by atoms with Crippen LogP contribution in [0.15, 0.2) is 24.3 Å². The minimum atomic E-state index is -0.228. The standard InChI is InChI=1S/C20H31N3O2/c1-6-16-7-9-17(10-8-16)19(25)23-13-11-22(12-14-23)15(2)18(24)21-20(3,4)5/h7-10,15H,6,11-14H2,1-5H3,(H,21,24). The molecule has 138 valence electrons. The Morgan fingerprint density at radius 3 is 2.12 bits per heavy atom. The van der Waals surface area contributed by atoms with Crippen LogP contribution >= 0.6 is 0 Å². The molecule has 1 unspecified atom stereocenters. The van der Waals surface area contributed by atoms with Gasteiger partial charge in [0.1, 0.15) is 0 Å². The molecule has 1 atom stereocenters. The Morgan fingerprint density at radius 2 is 1.64 bits per heavy atom. The quantitative estimate of drug-likeness (QED) is 0.911. The van der Waals surface area contributed by atoms with Gasteiger partial charge in [-0.15, -0.1) is 0 Å². The van der Waals surface area contributed by atoms with Gasteiger partial charge in [0.2, 0.25) is 5.91 Å². The Hall–Kier alpha value is -1.88. The average molecular weight is 345 g/mol. The molecule has 1 aliphatic heterocycles. The van der Waals surface area contributed by atoms with E-state index in [-0.39, 0.29) is 23.4 Å². The van der Waals surface area contributed by atoms with Crippen LogP contribution in [0, 0.1) is 0 Å². The molecular weight excluding hydrogens is 314 g/mol. The zero-order chi connectivity index (χ0) is 18.6. The molecule has 5 heteroatoms. The van der Waals surface area contributed by atoms with Crippen LogP contribution in [0.3, 0.4) is 0 Å². The minimum Gasteiger partial charge on any atom is -0.350 e. The lowest BCUT2D eigenvalue weighted by atomic mass is 10.1. The van der Waals surface area contributed by atoms with E-state index in [1.165, 1.54) is 5.56 Å². The summed E-state index contributed by atoms with van der Waals surface area (Å²) in [4.78, 5) is 29.0. The summed E-state index contributed by atoms with van der Waals surface area (Å²) in [5.41, 5.74) is 1.75. The third-order valence-corrected chi connectivity index (χ3v) is 4.64. The van der Waals surface area contributed by atoms with Crippen LogP contribution in [0.4, 0.5) is 0 Å². The first kappa shape index (κ1) is 19.4. The monoisotopic (exact) mass is 345 g/mol. The molecule has 1 fully saturated rings. The number of amides is 2. The highest BCUT2D eigenvalue weighted by Gasteiger charge is 2.29. The fourth-order valence-electron chi connectivity index (χ4n) is 3.02. The first-order valence-electron chi connectivity index (χ1n) is 9.15. The molecule has 1 aromatic rings. The zero-order valence-electron chi connectivity index (χ0n) is 16.1. The minimum absolute atomic E-state index is 0.0439. The second-order valence-corrected chi connectivity index (χ2v) is 7.79. The van der Waals surface area contributed by atoms with Crippen LogP contribution < -0.4 is 5.32 Å². The van der Waals surface area contributed by atoms with Gasteiger partial charge in [0.25, 0.3) is 5.91 Å². The van der Waals surface area contributed by atoms with Gasteiger partial charge in [-0.1, -0.05) is 19.1 Å². The lowest BCUT2D eigenvalue weighted by molar-refractivity contribution is -0.127. The second-order valence-electron chi connectivity index (χ2n) is 7.79. The molecule has 0 radical (unpaired) electrons. The summed E-state index contributed by atoms with van der Waals surface area (Å²) in [6, 6.07) is 7.67. The normalized spacial score (nSPS) is 17.2. The van der Waals surface area contributed by atoms with Crippen molar-refractivity contribution in [3.8, 4) is 0 Å². The number of benzene rings is 1. The van der Waals surface area contributed by atoms with E-state index in [1.807, 2.05) is 56.9 Å². The van der Waals surface area contributed by atoms with E-state index in [4.69, 9.17) is 0 Å². The van der Waals surface area contributed by atoms with Crippen molar-refractivity contribution in [1.82, 2.24) is 15.1 Å². The summed E-state index contributed by atoms with van der Waals surface area (Å²) in [6.07, 6.45) is 0.974. The van der Waals surface area contributed by atoms with Crippen LogP contribution in [0.2, 0.25) is 0 Å². The Labute approximate surface area is 151 Å². The third-order valence-electron chi connectivity index (χ3n) is 4.64. The number of hydrogen-bond acceptors (Lipinski definition) is 3. The molecule has 2 amide bonds. The van der Waals surface area contributed by atoms with Crippen molar-refractivity contribution in [2.75, 3.05) is 26.2 Å². The molecule has 0 saturated carbocycles. The first-order valence-corrected chi connectivity index (χ1v) is 9.15. The number of carbonyl (C=O) groups is 2. The molecule has 2 rings (SSSR count). The molecule has 0 aromatic heterocycles. The third kappa shape index (κ3) is 5.30. The topological polar surface area (TPSA) is 52.7 Å². The van der Waals surface area contributed by atoms with Gasteiger partial charge in [-0.05, 0) is 51.8 Å². The number of nitrogens with zero attached hydrogens (tertiary/aromatic N) is 2. The fourth-order valence-corrected chi connectivity index (χ4v) is 3.02. The second kappa shape index (κ2) is 8.00. The van der Waals surface area contributed by atoms with Gasteiger partial charge in [0.15, 0.2) is 0 Å². The van der Waals surface area contributed by atoms with Crippen molar-refractivity contribution < 1.29 is 9.59 Å². The maximum atomic E-state index is 12.6. The van der Waals surface area contributed by atoms with Crippen LogP contribution in [0.5, 0.6) is 0 Å². The molecule has 1 saturated heterocycles. The van der Waals surface area contributed by atoms with Crippen molar-refractivity contribution in [2.45, 2.75) is 52.6 Å². The maximum Gasteiger partial charge on any atom is 0.253 e. The largest absolute Gasteiger partial charge is 0.350 e. The van der Waals surface area contributed by atoms with Crippen molar-refractivity contribution >= 4 is 11.8 Å². The van der Waals surface area contributed by atoms with E-state index in [0.717, 1.165) is 25.1 Å². The maximum absolute atomic E-state index is 12.6. The number of rotatable bonds is 4. The predicted molar refractivity (Wildman–Crippen MR) is 101 cm³/mol. The molecule has 0 spiro atoms. The molecule has 1 aromatic carbocycles. The predicted octanol–water partition coefficient (Wildman–Crippen LogP) is 2.31. The van der Waals surface area contributed by atoms with E-state index >= 15 is 0 Å². The average Bonchev–Trinajstić information content (AvgIpc) is 2.59. The molecule has 0 aliphatic carbocycles. The van der Waals surface area contributed by atoms with Crippen molar-refractivity contribution in [3.05, 3.63) is 35.4 Å². The smallest absolute Gasteiger partial charge is 0.253 e. The number of carbonyl (C=O) groups excluding carboxylic acids is 2. The van der Waals surface area contributed by atoms with Gasteiger partial charge in [-0.2, -0.15) is 0 Å². The Bertz CT molecular complexity index is 596. The highest BCUT2D eigenvalue weighted by molar-refractivity contribution is 5.94. The number of nitrogens with one attached hydrogen (secondary N) is 1. The Kier molecular flexibility index (Phi) is 6.22. The molecule has 1 aliphatic rings. The van der Waals surface area contributed by atoms with Crippen LogP contribution in [-0.4, -0.2) is 59.4 Å². The molecule has 5 nitrogen and oxygen atoms in total. The Balaban J connectivity index is 1.90. The fraction of sp³-hybridized carbons (Fsp3) is 0.600.